The van der Waals surface area contributed by atoms with Crippen LogP contribution in [0.15, 0.2) is 30.3 Å². The second-order valence-corrected chi connectivity index (χ2v) is 5.64. The van der Waals surface area contributed by atoms with Crippen molar-refractivity contribution in [3.63, 3.8) is 0 Å². The highest BCUT2D eigenvalue weighted by Gasteiger charge is 2.11. The maximum absolute atomic E-state index is 12.3. The molecule has 0 spiro atoms. The molecule has 2 aromatic rings. The highest BCUT2D eigenvalue weighted by Crippen LogP contribution is 2.14. The third-order valence-electron chi connectivity index (χ3n) is 3.30. The SMILES string of the molecule is COCCCNc1cc(C(=O)NCc2ccccc2Cl)nc(C)n1. The molecule has 0 aliphatic rings. The van der Waals surface area contributed by atoms with Crippen LogP contribution >= 0.6 is 11.6 Å². The van der Waals surface area contributed by atoms with E-state index in [-0.39, 0.29) is 5.91 Å². The number of ether oxygens (including phenoxy) is 1. The number of halogens is 1. The Balaban J connectivity index is 1.98. The molecule has 1 amide bonds. The van der Waals surface area contributed by atoms with Crippen LogP contribution < -0.4 is 10.6 Å². The van der Waals surface area contributed by atoms with E-state index >= 15 is 0 Å². The molecule has 0 bridgehead atoms. The van der Waals surface area contributed by atoms with Crippen molar-refractivity contribution in [1.29, 1.82) is 0 Å². The summed E-state index contributed by atoms with van der Waals surface area (Å²) in [7, 11) is 1.66. The molecule has 0 atom stereocenters. The average molecular weight is 349 g/mol. The molecule has 6 nitrogen and oxygen atoms in total. The number of nitrogens with one attached hydrogen (secondary N) is 2. The van der Waals surface area contributed by atoms with Crippen LogP contribution in [0.2, 0.25) is 5.02 Å². The van der Waals surface area contributed by atoms with Crippen molar-refractivity contribution in [1.82, 2.24) is 15.3 Å². The number of aryl methyl sites for hydroxylation is 1. The summed E-state index contributed by atoms with van der Waals surface area (Å²) in [6, 6.07) is 9.03. The Labute approximate surface area is 146 Å². The fraction of sp³-hybridized carbons (Fsp3) is 0.353. The Kier molecular flexibility index (Phi) is 6.96. The lowest BCUT2D eigenvalue weighted by atomic mass is 10.2. The number of methoxy groups -OCH3 is 1. The summed E-state index contributed by atoms with van der Waals surface area (Å²) in [6.45, 7) is 3.48. The number of aromatic nitrogens is 2. The Hall–Kier alpha value is -2.18. The van der Waals surface area contributed by atoms with Gasteiger partial charge in [-0.25, -0.2) is 9.97 Å². The molecule has 1 aromatic carbocycles. The van der Waals surface area contributed by atoms with Gasteiger partial charge in [-0.2, -0.15) is 0 Å². The van der Waals surface area contributed by atoms with Gasteiger partial charge in [0.05, 0.1) is 0 Å². The van der Waals surface area contributed by atoms with Crippen LogP contribution in [0.1, 0.15) is 28.3 Å². The normalized spacial score (nSPS) is 10.5. The predicted octanol–water partition coefficient (Wildman–Crippen LogP) is 2.82. The first kappa shape index (κ1) is 18.2. The van der Waals surface area contributed by atoms with Crippen LogP contribution in [0.25, 0.3) is 0 Å². The van der Waals surface area contributed by atoms with Crippen molar-refractivity contribution in [2.24, 2.45) is 0 Å². The Morgan fingerprint density at radius 3 is 2.83 bits per heavy atom. The summed E-state index contributed by atoms with van der Waals surface area (Å²) in [5.74, 6) is 0.900. The van der Waals surface area contributed by atoms with E-state index < -0.39 is 0 Å². The van der Waals surface area contributed by atoms with E-state index in [1.54, 1.807) is 26.2 Å². The topological polar surface area (TPSA) is 76.1 Å². The van der Waals surface area contributed by atoms with Gasteiger partial charge in [0.15, 0.2) is 0 Å². The predicted molar refractivity (Wildman–Crippen MR) is 94.4 cm³/mol. The molecular weight excluding hydrogens is 328 g/mol. The molecule has 2 rings (SSSR count). The van der Waals surface area contributed by atoms with E-state index in [2.05, 4.69) is 20.6 Å². The van der Waals surface area contributed by atoms with E-state index in [0.717, 1.165) is 12.0 Å². The molecule has 0 aliphatic carbocycles. The zero-order valence-corrected chi connectivity index (χ0v) is 14.6. The van der Waals surface area contributed by atoms with Crippen LogP contribution in [0.4, 0.5) is 5.82 Å². The monoisotopic (exact) mass is 348 g/mol. The van der Waals surface area contributed by atoms with Gasteiger partial charge in [0.2, 0.25) is 0 Å². The van der Waals surface area contributed by atoms with Gasteiger partial charge in [0.1, 0.15) is 17.3 Å². The van der Waals surface area contributed by atoms with Gasteiger partial charge in [0.25, 0.3) is 5.91 Å². The molecule has 0 unspecified atom stereocenters. The Morgan fingerprint density at radius 2 is 2.08 bits per heavy atom. The number of carbonyl (C=O) groups is 1. The lowest BCUT2D eigenvalue weighted by molar-refractivity contribution is 0.0945. The van der Waals surface area contributed by atoms with Crippen molar-refractivity contribution in [3.8, 4) is 0 Å². The summed E-state index contributed by atoms with van der Waals surface area (Å²) in [4.78, 5) is 20.8. The minimum absolute atomic E-state index is 0.264. The zero-order chi connectivity index (χ0) is 17.4. The summed E-state index contributed by atoms with van der Waals surface area (Å²) < 4.78 is 5.00. The molecule has 24 heavy (non-hydrogen) atoms. The number of hydrogen-bond donors (Lipinski definition) is 2. The molecule has 128 valence electrons. The number of nitrogens with zero attached hydrogens (tertiary/aromatic N) is 2. The van der Waals surface area contributed by atoms with Crippen LogP contribution in [0.3, 0.4) is 0 Å². The first-order chi connectivity index (χ1) is 11.6. The second-order valence-electron chi connectivity index (χ2n) is 5.23. The largest absolute Gasteiger partial charge is 0.385 e. The molecule has 0 saturated heterocycles. The Bertz CT molecular complexity index is 694. The summed E-state index contributed by atoms with van der Waals surface area (Å²) in [6.07, 6.45) is 0.855. The van der Waals surface area contributed by atoms with Crippen molar-refractivity contribution < 1.29 is 9.53 Å². The fourth-order valence-electron chi connectivity index (χ4n) is 2.12. The maximum Gasteiger partial charge on any atom is 0.270 e. The second kappa shape index (κ2) is 9.20. The van der Waals surface area contributed by atoms with Crippen molar-refractivity contribution in [3.05, 3.63) is 52.4 Å². The molecule has 0 fully saturated rings. The van der Waals surface area contributed by atoms with Gasteiger partial charge < -0.3 is 15.4 Å². The number of anilines is 1. The summed E-state index contributed by atoms with van der Waals surface area (Å²) in [5, 5.41) is 6.61. The number of rotatable bonds is 8. The molecule has 0 radical (unpaired) electrons. The lowest BCUT2D eigenvalue weighted by Crippen LogP contribution is -2.24. The summed E-state index contributed by atoms with van der Waals surface area (Å²) >= 11 is 6.09. The fourth-order valence-corrected chi connectivity index (χ4v) is 2.32. The van der Waals surface area contributed by atoms with Gasteiger partial charge >= 0.3 is 0 Å². The van der Waals surface area contributed by atoms with Crippen LogP contribution in [0, 0.1) is 6.92 Å². The number of benzene rings is 1. The highest BCUT2D eigenvalue weighted by molar-refractivity contribution is 6.31. The van der Waals surface area contributed by atoms with Gasteiger partial charge in [-0.3, -0.25) is 4.79 Å². The van der Waals surface area contributed by atoms with Crippen LogP contribution in [-0.2, 0) is 11.3 Å². The first-order valence-corrected chi connectivity index (χ1v) is 8.08. The average Bonchev–Trinajstić information content (AvgIpc) is 2.57. The number of amides is 1. The van der Waals surface area contributed by atoms with Crippen molar-refractivity contribution in [2.45, 2.75) is 19.9 Å². The van der Waals surface area contributed by atoms with Crippen molar-refractivity contribution >= 4 is 23.3 Å². The van der Waals surface area contributed by atoms with Gasteiger partial charge in [-0.1, -0.05) is 29.8 Å². The molecule has 1 heterocycles. The van der Waals surface area contributed by atoms with Gasteiger partial charge in [0, 0.05) is 37.9 Å². The van der Waals surface area contributed by atoms with E-state index in [1.807, 2.05) is 18.2 Å². The summed E-state index contributed by atoms with van der Waals surface area (Å²) in [5.41, 5.74) is 1.18. The number of hydrogen-bond acceptors (Lipinski definition) is 5. The standard InChI is InChI=1S/C17H21ClN4O2/c1-12-21-15(10-16(22-12)19-8-5-9-24-2)17(23)20-11-13-6-3-4-7-14(13)18/h3-4,6-7,10H,5,8-9,11H2,1-2H3,(H,20,23)(H,19,21,22). The molecular formula is C17H21ClN4O2. The third-order valence-corrected chi connectivity index (χ3v) is 3.67. The third kappa shape index (κ3) is 5.47. The van der Waals surface area contributed by atoms with Crippen molar-refractivity contribution in [2.75, 3.05) is 25.6 Å². The minimum atomic E-state index is -0.264. The van der Waals surface area contributed by atoms with E-state index in [0.29, 0.717) is 42.1 Å². The minimum Gasteiger partial charge on any atom is -0.385 e. The van der Waals surface area contributed by atoms with Crippen LogP contribution in [-0.4, -0.2) is 36.1 Å². The molecule has 2 N–H and O–H groups in total. The zero-order valence-electron chi connectivity index (χ0n) is 13.8. The van der Waals surface area contributed by atoms with E-state index in [4.69, 9.17) is 16.3 Å². The molecule has 0 saturated carbocycles. The molecule has 1 aromatic heterocycles. The smallest absolute Gasteiger partial charge is 0.270 e. The van der Waals surface area contributed by atoms with Gasteiger partial charge in [-0.05, 0) is 25.0 Å². The lowest BCUT2D eigenvalue weighted by Gasteiger charge is -2.09. The van der Waals surface area contributed by atoms with E-state index in [9.17, 15) is 4.79 Å². The van der Waals surface area contributed by atoms with E-state index in [1.165, 1.54) is 0 Å². The highest BCUT2D eigenvalue weighted by atomic mass is 35.5. The number of carbonyl (C=O) groups excluding carboxylic acids is 1. The Morgan fingerprint density at radius 1 is 1.29 bits per heavy atom. The molecule has 0 aliphatic heterocycles. The quantitative estimate of drug-likeness (QED) is 0.717. The molecule has 7 heteroatoms. The first-order valence-electron chi connectivity index (χ1n) is 7.70. The van der Waals surface area contributed by atoms with Crippen LogP contribution in [0.5, 0.6) is 0 Å². The van der Waals surface area contributed by atoms with Gasteiger partial charge in [-0.15, -0.1) is 0 Å². The maximum atomic E-state index is 12.3.